The Labute approximate surface area is 124 Å². The largest absolute Gasteiger partial charge is 0.452 e. The molecule has 0 bridgehead atoms. The average molecular weight is 284 g/mol. The van der Waals surface area contributed by atoms with Gasteiger partial charge in [-0.2, -0.15) is 0 Å². The molecule has 1 aromatic carbocycles. The maximum atomic E-state index is 13.1. The molecule has 0 amide bonds. The second-order valence-electron chi connectivity index (χ2n) is 5.81. The summed E-state index contributed by atoms with van der Waals surface area (Å²) < 4.78 is 18.9. The highest BCUT2D eigenvalue weighted by Gasteiger charge is 2.44. The first kappa shape index (κ1) is 15.0. The van der Waals surface area contributed by atoms with Gasteiger partial charge in [0.2, 0.25) is 5.72 Å². The molecule has 4 heteroatoms. The molecule has 1 aliphatic heterocycles. The van der Waals surface area contributed by atoms with Crippen molar-refractivity contribution >= 4 is 0 Å². The van der Waals surface area contributed by atoms with Crippen LogP contribution in [0.2, 0.25) is 0 Å². The van der Waals surface area contributed by atoms with E-state index in [1.165, 1.54) is 12.1 Å². The molecule has 1 aliphatic rings. The van der Waals surface area contributed by atoms with Crippen molar-refractivity contribution in [2.24, 2.45) is 10.5 Å². The normalized spacial score (nSPS) is 20.9. The molecular formula is C17H17FN2O. The monoisotopic (exact) mass is 284 g/mol. The van der Waals surface area contributed by atoms with Crippen LogP contribution in [0.15, 0.2) is 53.4 Å². The molecule has 0 fully saturated rings. The molecule has 1 N–H and O–H groups in total. The van der Waals surface area contributed by atoms with Gasteiger partial charge in [0.05, 0.1) is 0 Å². The van der Waals surface area contributed by atoms with Crippen LogP contribution in [0, 0.1) is 28.6 Å². The van der Waals surface area contributed by atoms with Crippen molar-refractivity contribution in [2.75, 3.05) is 0 Å². The average Bonchev–Trinajstić information content (AvgIpc) is 2.44. The fraction of sp³-hybridized carbons (Fsp3) is 0.294. The SMILES string of the molecule is CC(C)(C)C1(N=N)C=CC=C(C#Cc2cccc(F)c2)O1. The lowest BCUT2D eigenvalue weighted by molar-refractivity contribution is -0.0396. The first-order valence-electron chi connectivity index (χ1n) is 6.61. The summed E-state index contributed by atoms with van der Waals surface area (Å²) in [5, 5.41) is 3.64. The van der Waals surface area contributed by atoms with Crippen LogP contribution in [0.1, 0.15) is 26.3 Å². The summed E-state index contributed by atoms with van der Waals surface area (Å²) in [7, 11) is 0. The Morgan fingerprint density at radius 3 is 2.67 bits per heavy atom. The molecule has 1 heterocycles. The lowest BCUT2D eigenvalue weighted by Crippen LogP contribution is -2.42. The molecule has 1 aromatic rings. The predicted molar refractivity (Wildman–Crippen MR) is 78.9 cm³/mol. The molecule has 0 aliphatic carbocycles. The summed E-state index contributed by atoms with van der Waals surface area (Å²) in [4.78, 5) is 0. The summed E-state index contributed by atoms with van der Waals surface area (Å²) >= 11 is 0. The minimum Gasteiger partial charge on any atom is -0.452 e. The van der Waals surface area contributed by atoms with Crippen molar-refractivity contribution in [3.63, 3.8) is 0 Å². The fourth-order valence-corrected chi connectivity index (χ4v) is 1.90. The number of nitrogens with one attached hydrogen (secondary N) is 1. The van der Waals surface area contributed by atoms with E-state index in [0.29, 0.717) is 11.3 Å². The van der Waals surface area contributed by atoms with Crippen LogP contribution in [0.25, 0.3) is 0 Å². The quantitative estimate of drug-likeness (QED) is 0.602. The summed E-state index contributed by atoms with van der Waals surface area (Å²) in [6.07, 6.45) is 5.23. The van der Waals surface area contributed by atoms with Crippen LogP contribution < -0.4 is 0 Å². The lowest BCUT2D eigenvalue weighted by atomic mass is 9.82. The van der Waals surface area contributed by atoms with Gasteiger partial charge in [-0.25, -0.2) is 9.92 Å². The summed E-state index contributed by atoms with van der Waals surface area (Å²) in [5.41, 5.74) is 6.56. The molecule has 1 unspecified atom stereocenters. The van der Waals surface area contributed by atoms with Crippen LogP contribution in [0.5, 0.6) is 0 Å². The number of ether oxygens (including phenoxy) is 1. The van der Waals surface area contributed by atoms with Gasteiger partial charge in [-0.3, -0.25) is 0 Å². The predicted octanol–water partition coefficient (Wildman–Crippen LogP) is 4.42. The Balaban J connectivity index is 2.26. The third kappa shape index (κ3) is 3.19. The molecule has 3 nitrogen and oxygen atoms in total. The van der Waals surface area contributed by atoms with Crippen LogP contribution >= 0.6 is 0 Å². The van der Waals surface area contributed by atoms with Crippen molar-refractivity contribution in [3.8, 4) is 11.8 Å². The molecule has 108 valence electrons. The van der Waals surface area contributed by atoms with E-state index in [9.17, 15) is 4.39 Å². The van der Waals surface area contributed by atoms with Crippen LogP contribution in [0.3, 0.4) is 0 Å². The first-order valence-corrected chi connectivity index (χ1v) is 6.61. The Hall–Kier alpha value is -2.41. The smallest absolute Gasteiger partial charge is 0.243 e. The molecule has 0 radical (unpaired) electrons. The summed E-state index contributed by atoms with van der Waals surface area (Å²) in [5.74, 6) is 5.78. The maximum Gasteiger partial charge on any atom is 0.243 e. The van der Waals surface area contributed by atoms with E-state index in [1.807, 2.05) is 20.8 Å². The van der Waals surface area contributed by atoms with E-state index < -0.39 is 5.72 Å². The van der Waals surface area contributed by atoms with Gasteiger partial charge < -0.3 is 4.74 Å². The minimum atomic E-state index is -1.06. The Morgan fingerprint density at radius 2 is 2.05 bits per heavy atom. The molecule has 1 atom stereocenters. The molecule has 2 rings (SSSR count). The number of rotatable bonds is 1. The van der Waals surface area contributed by atoms with Crippen molar-refractivity contribution in [1.82, 2.24) is 0 Å². The zero-order chi connectivity index (χ0) is 15.5. The van der Waals surface area contributed by atoms with E-state index in [2.05, 4.69) is 17.0 Å². The second kappa shape index (κ2) is 5.53. The third-order valence-corrected chi connectivity index (χ3v) is 3.23. The van der Waals surface area contributed by atoms with Crippen molar-refractivity contribution in [2.45, 2.75) is 26.5 Å². The van der Waals surface area contributed by atoms with E-state index >= 15 is 0 Å². The van der Waals surface area contributed by atoms with Gasteiger partial charge in [-0.1, -0.05) is 38.8 Å². The molecule has 0 saturated carbocycles. The van der Waals surface area contributed by atoms with Gasteiger partial charge in [-0.15, -0.1) is 5.11 Å². The summed E-state index contributed by atoms with van der Waals surface area (Å²) in [6, 6.07) is 6.06. The minimum absolute atomic E-state index is 0.328. The lowest BCUT2D eigenvalue weighted by Gasteiger charge is -2.38. The van der Waals surface area contributed by atoms with Gasteiger partial charge in [0.15, 0.2) is 5.76 Å². The maximum absolute atomic E-state index is 13.1. The topological polar surface area (TPSA) is 45.4 Å². The highest BCUT2D eigenvalue weighted by atomic mass is 19.1. The van der Waals surface area contributed by atoms with E-state index in [1.54, 1.807) is 30.4 Å². The van der Waals surface area contributed by atoms with E-state index in [4.69, 9.17) is 10.3 Å². The Morgan fingerprint density at radius 1 is 1.29 bits per heavy atom. The molecule has 0 spiro atoms. The fourth-order valence-electron chi connectivity index (χ4n) is 1.90. The van der Waals surface area contributed by atoms with Crippen molar-refractivity contribution < 1.29 is 9.13 Å². The number of allylic oxidation sites excluding steroid dienone is 3. The third-order valence-electron chi connectivity index (χ3n) is 3.23. The number of nitrogens with zero attached hydrogens (tertiary/aromatic N) is 1. The van der Waals surface area contributed by atoms with Gasteiger partial charge >= 0.3 is 0 Å². The Bertz CT molecular complexity index is 674. The van der Waals surface area contributed by atoms with E-state index in [0.717, 1.165) is 0 Å². The standard InChI is InChI=1S/C17H17FN2O/c1-16(2,3)17(20-19)11-5-8-15(21-17)10-9-13-6-4-7-14(18)12-13/h4-8,11-12,19H,1-3H3. The Kier molecular flexibility index (Phi) is 3.95. The number of halogens is 1. The number of benzene rings is 1. The number of hydrogen-bond acceptors (Lipinski definition) is 3. The first-order chi connectivity index (χ1) is 9.86. The van der Waals surface area contributed by atoms with Gasteiger partial charge in [0.1, 0.15) is 5.82 Å². The van der Waals surface area contributed by atoms with Crippen LogP contribution in [-0.4, -0.2) is 5.72 Å². The van der Waals surface area contributed by atoms with Gasteiger partial charge in [0.25, 0.3) is 0 Å². The zero-order valence-corrected chi connectivity index (χ0v) is 12.3. The highest BCUT2D eigenvalue weighted by molar-refractivity contribution is 5.41. The van der Waals surface area contributed by atoms with Crippen LogP contribution in [-0.2, 0) is 4.74 Å². The number of hydrogen-bond donors (Lipinski definition) is 1. The van der Waals surface area contributed by atoms with Crippen molar-refractivity contribution in [3.05, 3.63) is 59.6 Å². The highest BCUT2D eigenvalue weighted by Crippen LogP contribution is 2.39. The summed E-state index contributed by atoms with van der Waals surface area (Å²) in [6.45, 7) is 5.83. The second-order valence-corrected chi connectivity index (χ2v) is 5.81. The van der Waals surface area contributed by atoms with Crippen molar-refractivity contribution in [1.29, 1.82) is 5.53 Å². The molecule has 21 heavy (non-hydrogen) atoms. The van der Waals surface area contributed by atoms with Crippen LogP contribution in [0.4, 0.5) is 4.39 Å². The van der Waals surface area contributed by atoms with Gasteiger partial charge in [-0.05, 0) is 36.3 Å². The van der Waals surface area contributed by atoms with E-state index in [-0.39, 0.29) is 11.2 Å². The zero-order valence-electron chi connectivity index (χ0n) is 12.3. The van der Waals surface area contributed by atoms with Gasteiger partial charge in [0, 0.05) is 11.0 Å². The molecular weight excluding hydrogens is 267 g/mol. The molecule has 0 saturated heterocycles. The molecule has 0 aromatic heterocycles.